The van der Waals surface area contributed by atoms with Crippen LogP contribution in [0.25, 0.3) is 0 Å². The highest BCUT2D eigenvalue weighted by molar-refractivity contribution is 7.80. The van der Waals surface area contributed by atoms with E-state index in [0.717, 1.165) is 12.1 Å². The molecule has 1 amide bonds. The van der Waals surface area contributed by atoms with Gasteiger partial charge >= 0.3 is 6.18 Å². The van der Waals surface area contributed by atoms with E-state index in [1.807, 2.05) is 0 Å². The van der Waals surface area contributed by atoms with Gasteiger partial charge < -0.3 is 16.4 Å². The summed E-state index contributed by atoms with van der Waals surface area (Å²) < 4.78 is 38.0. The van der Waals surface area contributed by atoms with Crippen molar-refractivity contribution in [3.63, 3.8) is 0 Å². The van der Waals surface area contributed by atoms with Crippen LogP contribution in [0.15, 0.2) is 42.5 Å². The highest BCUT2D eigenvalue weighted by Crippen LogP contribution is 2.30. The number of carbonyl (C=O) groups is 1. The van der Waals surface area contributed by atoms with Gasteiger partial charge in [0.15, 0.2) is 5.11 Å². The lowest BCUT2D eigenvalue weighted by molar-refractivity contribution is -0.137. The molecule has 0 aliphatic heterocycles. The molecule has 1 radical (unpaired) electrons. The fourth-order valence-corrected chi connectivity index (χ4v) is 2.17. The molecule has 2 rings (SSSR count). The van der Waals surface area contributed by atoms with Gasteiger partial charge in [0.05, 0.1) is 5.56 Å². The second-order valence-electron chi connectivity index (χ2n) is 4.83. The average molecular weight is 352 g/mol. The zero-order chi connectivity index (χ0) is 17.7. The number of alkyl halides is 3. The van der Waals surface area contributed by atoms with Crippen molar-refractivity contribution in [3.05, 3.63) is 65.2 Å². The van der Waals surface area contributed by atoms with Crippen molar-refractivity contribution in [2.24, 2.45) is 5.73 Å². The summed E-state index contributed by atoms with van der Waals surface area (Å²) in [7, 11) is 0. The predicted octanol–water partition coefficient (Wildman–Crippen LogP) is 3.09. The van der Waals surface area contributed by atoms with Crippen LogP contribution in [0.4, 0.5) is 18.9 Å². The molecule has 2 aromatic rings. The molecule has 8 heteroatoms. The summed E-state index contributed by atoms with van der Waals surface area (Å²) >= 11 is 5.05. The molecular weight excluding hydrogens is 339 g/mol. The Kier molecular flexibility index (Phi) is 5.40. The summed E-state index contributed by atoms with van der Waals surface area (Å²) in [5, 5.41) is 5.60. The van der Waals surface area contributed by atoms with Gasteiger partial charge in [-0.05, 0) is 54.2 Å². The molecule has 0 saturated heterocycles. The second kappa shape index (κ2) is 7.31. The number of carbonyl (C=O) groups excluding carboxylic acids is 1. The first kappa shape index (κ1) is 17.7. The third kappa shape index (κ3) is 4.69. The number of thiocarbonyl (C=S) groups is 1. The molecule has 0 heterocycles. The van der Waals surface area contributed by atoms with E-state index in [-0.39, 0.29) is 17.3 Å². The molecule has 0 aliphatic carbocycles. The van der Waals surface area contributed by atoms with Crippen molar-refractivity contribution < 1.29 is 18.0 Å². The second-order valence-corrected chi connectivity index (χ2v) is 5.24. The van der Waals surface area contributed by atoms with Crippen molar-refractivity contribution in [2.75, 3.05) is 5.32 Å². The number of benzene rings is 2. The topological polar surface area (TPSA) is 67.2 Å². The van der Waals surface area contributed by atoms with Crippen LogP contribution in [0.1, 0.15) is 21.5 Å². The maximum atomic E-state index is 12.7. The molecule has 4 nitrogen and oxygen atoms in total. The Labute approximate surface area is 141 Å². The van der Waals surface area contributed by atoms with Gasteiger partial charge in [0, 0.05) is 17.8 Å². The van der Waals surface area contributed by atoms with Crippen molar-refractivity contribution in [1.29, 1.82) is 0 Å². The minimum absolute atomic E-state index is 0.119. The molecule has 0 aliphatic rings. The van der Waals surface area contributed by atoms with Gasteiger partial charge in [-0.25, -0.2) is 0 Å². The van der Waals surface area contributed by atoms with Crippen molar-refractivity contribution in [1.82, 2.24) is 5.32 Å². The summed E-state index contributed by atoms with van der Waals surface area (Å²) in [4.78, 5) is 11.3. The van der Waals surface area contributed by atoms with E-state index < -0.39 is 17.6 Å². The van der Waals surface area contributed by atoms with Gasteiger partial charge in [-0.15, -0.1) is 0 Å². The zero-order valence-corrected chi connectivity index (χ0v) is 13.1. The summed E-state index contributed by atoms with van der Waals surface area (Å²) in [6.45, 7) is 0.181. The number of halogens is 3. The first-order chi connectivity index (χ1) is 11.3. The van der Waals surface area contributed by atoms with Gasteiger partial charge in [0.1, 0.15) is 0 Å². The fraction of sp³-hybridized carbons (Fsp3) is 0.125. The molecular formula is C16H13F3N3OS. The summed E-state index contributed by atoms with van der Waals surface area (Å²) in [6.07, 6.45) is -4.43. The van der Waals surface area contributed by atoms with Gasteiger partial charge in [-0.1, -0.05) is 12.1 Å². The van der Waals surface area contributed by atoms with Crippen molar-refractivity contribution in [3.8, 4) is 0 Å². The van der Waals surface area contributed by atoms with Crippen LogP contribution in [0.3, 0.4) is 0 Å². The van der Waals surface area contributed by atoms with E-state index in [9.17, 15) is 18.0 Å². The molecule has 125 valence electrons. The molecule has 24 heavy (non-hydrogen) atoms. The Hall–Kier alpha value is -2.61. The highest BCUT2D eigenvalue weighted by Gasteiger charge is 2.30. The van der Waals surface area contributed by atoms with E-state index >= 15 is 0 Å². The van der Waals surface area contributed by atoms with Crippen LogP contribution < -0.4 is 16.4 Å². The Morgan fingerprint density at radius 2 is 2.04 bits per heavy atom. The Morgan fingerprint density at radius 1 is 1.29 bits per heavy atom. The summed E-state index contributed by atoms with van der Waals surface area (Å²) in [5.74, 6) is -0.586. The SMILES string of the molecule is NC(=O)c1cc[c]cc1CNC(=S)Nc1cccc(C(F)(F)F)c1. The lowest BCUT2D eigenvalue weighted by Gasteiger charge is -2.13. The Balaban J connectivity index is 2.01. The molecule has 0 atom stereocenters. The van der Waals surface area contributed by atoms with Crippen LogP contribution >= 0.6 is 12.2 Å². The molecule has 0 spiro atoms. The average Bonchev–Trinajstić information content (AvgIpc) is 2.52. The standard InChI is InChI=1S/C16H13F3N3OS/c17-16(18,19)11-5-3-6-12(8-11)22-15(24)21-9-10-4-1-2-7-13(10)14(20)23/h2-8H,9H2,(H2,20,23)(H2,21,22,24). The molecule has 0 aromatic heterocycles. The van der Waals surface area contributed by atoms with Crippen LogP contribution in [0.2, 0.25) is 0 Å². The minimum Gasteiger partial charge on any atom is -0.366 e. The number of nitrogens with one attached hydrogen (secondary N) is 2. The number of primary amides is 1. The summed E-state index contributed by atoms with van der Waals surface area (Å²) in [5.41, 5.74) is 5.60. The van der Waals surface area contributed by atoms with Crippen molar-refractivity contribution in [2.45, 2.75) is 12.7 Å². The Bertz CT molecular complexity index is 762. The smallest absolute Gasteiger partial charge is 0.366 e. The van der Waals surface area contributed by atoms with E-state index in [1.165, 1.54) is 18.2 Å². The first-order valence-electron chi connectivity index (χ1n) is 6.78. The molecule has 0 fully saturated rings. The normalized spacial score (nSPS) is 11.0. The van der Waals surface area contributed by atoms with E-state index in [1.54, 1.807) is 12.1 Å². The molecule has 0 bridgehead atoms. The van der Waals surface area contributed by atoms with Gasteiger partial charge in [0.25, 0.3) is 0 Å². The quantitative estimate of drug-likeness (QED) is 0.740. The Morgan fingerprint density at radius 3 is 2.71 bits per heavy atom. The maximum Gasteiger partial charge on any atom is 0.416 e. The monoisotopic (exact) mass is 352 g/mol. The predicted molar refractivity (Wildman–Crippen MR) is 88.3 cm³/mol. The first-order valence-corrected chi connectivity index (χ1v) is 7.19. The van der Waals surface area contributed by atoms with Gasteiger partial charge in [-0.3, -0.25) is 4.79 Å². The van der Waals surface area contributed by atoms with Gasteiger partial charge in [-0.2, -0.15) is 13.2 Å². The number of rotatable bonds is 4. The maximum absolute atomic E-state index is 12.7. The fourth-order valence-electron chi connectivity index (χ4n) is 1.98. The van der Waals surface area contributed by atoms with Crippen LogP contribution in [-0.2, 0) is 12.7 Å². The molecule has 2 aromatic carbocycles. The minimum atomic E-state index is -4.43. The molecule has 4 N–H and O–H groups in total. The third-order valence-corrected chi connectivity index (χ3v) is 3.35. The van der Waals surface area contributed by atoms with E-state index in [0.29, 0.717) is 11.1 Å². The third-order valence-electron chi connectivity index (χ3n) is 3.10. The number of nitrogens with two attached hydrogens (primary N) is 1. The van der Waals surface area contributed by atoms with Crippen LogP contribution in [-0.4, -0.2) is 11.0 Å². The largest absolute Gasteiger partial charge is 0.416 e. The number of anilines is 1. The van der Waals surface area contributed by atoms with Crippen molar-refractivity contribution >= 4 is 28.9 Å². The summed E-state index contributed by atoms with van der Waals surface area (Å²) in [6, 6.07) is 12.2. The van der Waals surface area contributed by atoms with Gasteiger partial charge in [0.2, 0.25) is 5.91 Å². The zero-order valence-electron chi connectivity index (χ0n) is 12.3. The van der Waals surface area contributed by atoms with E-state index in [4.69, 9.17) is 18.0 Å². The highest BCUT2D eigenvalue weighted by atomic mass is 32.1. The number of hydrogen-bond donors (Lipinski definition) is 3. The lowest BCUT2D eigenvalue weighted by Crippen LogP contribution is -2.29. The van der Waals surface area contributed by atoms with Crippen LogP contribution in [0, 0.1) is 6.07 Å². The number of hydrogen-bond acceptors (Lipinski definition) is 2. The lowest BCUT2D eigenvalue weighted by atomic mass is 10.1. The van der Waals surface area contributed by atoms with Crippen LogP contribution in [0.5, 0.6) is 0 Å². The molecule has 0 unspecified atom stereocenters. The van der Waals surface area contributed by atoms with E-state index in [2.05, 4.69) is 16.7 Å². The number of amides is 1. The molecule has 0 saturated carbocycles.